The van der Waals surface area contributed by atoms with Gasteiger partial charge in [0.1, 0.15) is 11.5 Å². The van der Waals surface area contributed by atoms with Gasteiger partial charge in [-0.3, -0.25) is 4.79 Å². The number of halogens is 1. The molecule has 4 heteroatoms. The molecule has 116 valence electrons. The maximum Gasteiger partial charge on any atom is 0.279 e. The molecule has 1 aromatic heterocycles. The highest BCUT2D eigenvalue weighted by Gasteiger charge is 2.14. The molecule has 3 nitrogen and oxygen atoms in total. The molecule has 0 N–H and O–H groups in total. The number of para-hydroxylation sites is 1. The first-order valence-corrected chi connectivity index (χ1v) is 7.58. The van der Waals surface area contributed by atoms with E-state index in [1.807, 2.05) is 42.5 Å². The van der Waals surface area contributed by atoms with E-state index in [-0.39, 0.29) is 11.2 Å². The summed E-state index contributed by atoms with van der Waals surface area (Å²) in [4.78, 5) is 12.8. The van der Waals surface area contributed by atoms with Crippen molar-refractivity contribution in [2.75, 3.05) is 0 Å². The molecule has 0 aliphatic carbocycles. The third-order valence-corrected chi connectivity index (χ3v) is 3.93. The van der Waals surface area contributed by atoms with Gasteiger partial charge in [0.15, 0.2) is 0 Å². The zero-order valence-corrected chi connectivity index (χ0v) is 12.7. The minimum Gasteiger partial charge on any atom is -0.267 e. The van der Waals surface area contributed by atoms with Crippen molar-refractivity contribution in [1.29, 1.82) is 0 Å². The maximum atomic E-state index is 14.2. The first-order valence-electron chi connectivity index (χ1n) is 7.58. The van der Waals surface area contributed by atoms with Gasteiger partial charge >= 0.3 is 0 Å². The van der Waals surface area contributed by atoms with Gasteiger partial charge in [-0.05, 0) is 18.2 Å². The molecular formula is C20H13FN2O. The van der Waals surface area contributed by atoms with E-state index in [1.165, 1.54) is 6.07 Å². The van der Waals surface area contributed by atoms with Crippen molar-refractivity contribution in [3.8, 4) is 16.9 Å². The van der Waals surface area contributed by atoms with Gasteiger partial charge in [-0.15, -0.1) is 0 Å². The lowest BCUT2D eigenvalue weighted by molar-refractivity contribution is 0.607. The summed E-state index contributed by atoms with van der Waals surface area (Å²) in [6.07, 6.45) is 0. The molecule has 0 spiro atoms. The molecule has 0 saturated carbocycles. The fourth-order valence-electron chi connectivity index (χ4n) is 2.79. The molecule has 0 fully saturated rings. The fourth-order valence-corrected chi connectivity index (χ4v) is 2.79. The number of benzene rings is 3. The Hall–Kier alpha value is -3.27. The third kappa shape index (κ3) is 2.29. The van der Waals surface area contributed by atoms with Crippen molar-refractivity contribution < 1.29 is 4.39 Å². The average Bonchev–Trinajstić information content (AvgIpc) is 2.64. The monoisotopic (exact) mass is 316 g/mol. The normalized spacial score (nSPS) is 10.9. The highest BCUT2D eigenvalue weighted by Crippen LogP contribution is 2.25. The smallest absolute Gasteiger partial charge is 0.267 e. The van der Waals surface area contributed by atoms with Gasteiger partial charge in [0.2, 0.25) is 0 Å². The predicted octanol–water partition coefficient (Wildman–Crippen LogP) is 4.19. The van der Waals surface area contributed by atoms with E-state index in [1.54, 1.807) is 30.3 Å². The van der Waals surface area contributed by atoms with E-state index in [0.29, 0.717) is 11.1 Å². The molecule has 3 aromatic carbocycles. The molecule has 0 atom stereocenters. The van der Waals surface area contributed by atoms with Gasteiger partial charge in [0.25, 0.3) is 5.56 Å². The lowest BCUT2D eigenvalue weighted by atomic mass is 10.1. The van der Waals surface area contributed by atoms with E-state index < -0.39 is 5.82 Å². The van der Waals surface area contributed by atoms with E-state index in [0.717, 1.165) is 15.6 Å². The van der Waals surface area contributed by atoms with Crippen molar-refractivity contribution in [3.05, 3.63) is 95.0 Å². The van der Waals surface area contributed by atoms with Crippen LogP contribution in [0.5, 0.6) is 0 Å². The van der Waals surface area contributed by atoms with Gasteiger partial charge in [0.05, 0.1) is 11.1 Å². The number of nitrogens with zero attached hydrogens (tertiary/aromatic N) is 2. The highest BCUT2D eigenvalue weighted by molar-refractivity contribution is 5.93. The van der Waals surface area contributed by atoms with Crippen LogP contribution in [-0.4, -0.2) is 9.78 Å². The van der Waals surface area contributed by atoms with Gasteiger partial charge in [-0.2, -0.15) is 9.78 Å². The molecule has 0 amide bonds. The van der Waals surface area contributed by atoms with Crippen LogP contribution < -0.4 is 5.56 Å². The fraction of sp³-hybridized carbons (Fsp3) is 0. The topological polar surface area (TPSA) is 34.9 Å². The van der Waals surface area contributed by atoms with Crippen LogP contribution in [0.25, 0.3) is 27.7 Å². The molecule has 1 heterocycles. The Labute approximate surface area is 137 Å². The largest absolute Gasteiger partial charge is 0.279 e. The summed E-state index contributed by atoms with van der Waals surface area (Å²) in [6.45, 7) is 0. The Morgan fingerprint density at radius 1 is 0.750 bits per heavy atom. The zero-order chi connectivity index (χ0) is 16.5. The molecule has 0 unspecified atom stereocenters. The molecule has 0 saturated heterocycles. The lowest BCUT2D eigenvalue weighted by Gasteiger charge is -2.11. The van der Waals surface area contributed by atoms with Crippen molar-refractivity contribution >= 4 is 10.8 Å². The van der Waals surface area contributed by atoms with Crippen LogP contribution in [0.15, 0.2) is 83.7 Å². The van der Waals surface area contributed by atoms with E-state index in [9.17, 15) is 9.18 Å². The van der Waals surface area contributed by atoms with Crippen molar-refractivity contribution in [2.24, 2.45) is 0 Å². The Kier molecular flexibility index (Phi) is 3.43. The minimum atomic E-state index is -0.485. The van der Waals surface area contributed by atoms with Crippen LogP contribution in [0.4, 0.5) is 4.39 Å². The third-order valence-electron chi connectivity index (χ3n) is 3.93. The van der Waals surface area contributed by atoms with E-state index in [4.69, 9.17) is 0 Å². The van der Waals surface area contributed by atoms with Crippen LogP contribution in [0.3, 0.4) is 0 Å². The minimum absolute atomic E-state index is 0.144. The van der Waals surface area contributed by atoms with Gasteiger partial charge in [-0.25, -0.2) is 4.39 Å². The van der Waals surface area contributed by atoms with Crippen LogP contribution in [-0.2, 0) is 0 Å². The average molecular weight is 316 g/mol. The number of aromatic nitrogens is 2. The quantitative estimate of drug-likeness (QED) is 0.556. The standard InChI is InChI=1S/C20H13FN2O/c21-17-12-6-7-13-18(17)23-20(24)16-11-5-4-10-15(16)19(22-23)14-8-2-1-3-9-14/h1-13H. The van der Waals surface area contributed by atoms with Crippen molar-refractivity contribution in [3.63, 3.8) is 0 Å². The van der Waals surface area contributed by atoms with Gasteiger partial charge in [-0.1, -0.05) is 60.7 Å². The first-order chi connectivity index (χ1) is 11.8. The summed E-state index contributed by atoms with van der Waals surface area (Å²) in [5, 5.41) is 5.73. The van der Waals surface area contributed by atoms with Gasteiger partial charge in [0, 0.05) is 10.9 Å². The maximum absolute atomic E-state index is 14.2. The summed E-state index contributed by atoms with van der Waals surface area (Å²) < 4.78 is 15.3. The zero-order valence-electron chi connectivity index (χ0n) is 12.7. The predicted molar refractivity (Wildman–Crippen MR) is 92.7 cm³/mol. The van der Waals surface area contributed by atoms with E-state index >= 15 is 0 Å². The van der Waals surface area contributed by atoms with Crippen LogP contribution >= 0.6 is 0 Å². The number of hydrogen-bond acceptors (Lipinski definition) is 2. The second-order valence-corrected chi connectivity index (χ2v) is 5.43. The Morgan fingerprint density at radius 3 is 2.12 bits per heavy atom. The summed E-state index contributed by atoms with van der Waals surface area (Å²) in [5.41, 5.74) is 1.33. The molecule has 0 aliphatic heterocycles. The molecule has 0 radical (unpaired) electrons. The summed E-state index contributed by atoms with van der Waals surface area (Å²) >= 11 is 0. The Balaban J connectivity index is 2.12. The molecule has 4 aromatic rings. The Morgan fingerprint density at radius 2 is 1.38 bits per heavy atom. The molecule has 0 aliphatic rings. The molecule has 0 bridgehead atoms. The van der Waals surface area contributed by atoms with Crippen LogP contribution in [0, 0.1) is 5.82 Å². The Bertz CT molecular complexity index is 1090. The van der Waals surface area contributed by atoms with E-state index in [2.05, 4.69) is 5.10 Å². The number of rotatable bonds is 2. The summed E-state index contributed by atoms with van der Waals surface area (Å²) in [5.74, 6) is -0.485. The summed E-state index contributed by atoms with van der Waals surface area (Å²) in [6, 6.07) is 23.0. The number of fused-ring (bicyclic) bond motifs is 1. The van der Waals surface area contributed by atoms with Gasteiger partial charge < -0.3 is 0 Å². The summed E-state index contributed by atoms with van der Waals surface area (Å²) in [7, 11) is 0. The van der Waals surface area contributed by atoms with Crippen molar-refractivity contribution in [2.45, 2.75) is 0 Å². The second kappa shape index (κ2) is 5.74. The molecule has 24 heavy (non-hydrogen) atoms. The van der Waals surface area contributed by atoms with Crippen LogP contribution in [0.1, 0.15) is 0 Å². The molecular weight excluding hydrogens is 303 g/mol. The first kappa shape index (κ1) is 14.3. The number of hydrogen-bond donors (Lipinski definition) is 0. The van der Waals surface area contributed by atoms with Crippen molar-refractivity contribution in [1.82, 2.24) is 9.78 Å². The molecule has 4 rings (SSSR count). The SMILES string of the molecule is O=c1c2ccccc2c(-c2ccccc2)nn1-c1ccccc1F. The second-order valence-electron chi connectivity index (χ2n) is 5.43. The van der Waals surface area contributed by atoms with Crippen LogP contribution in [0.2, 0.25) is 0 Å². The highest BCUT2D eigenvalue weighted by atomic mass is 19.1. The lowest BCUT2D eigenvalue weighted by Crippen LogP contribution is -2.23.